The number of hydrogen-bond donors (Lipinski definition) is 0. The normalized spacial score (nSPS) is 20.3. The zero-order valence-electron chi connectivity index (χ0n) is 13.9. The van der Waals surface area contributed by atoms with Gasteiger partial charge < -0.3 is 9.47 Å². The fourth-order valence-electron chi connectivity index (χ4n) is 3.07. The molecule has 0 N–H and O–H groups in total. The van der Waals surface area contributed by atoms with Gasteiger partial charge in [0.05, 0.1) is 19.8 Å². The Balaban J connectivity index is 1.90. The topological polar surface area (TPSA) is 18.5 Å². The summed E-state index contributed by atoms with van der Waals surface area (Å²) in [6, 6.07) is 6.97. The molecule has 0 aromatic heterocycles. The van der Waals surface area contributed by atoms with Crippen LogP contribution in [0.25, 0.3) is 11.1 Å². The third kappa shape index (κ3) is 3.42. The minimum atomic E-state index is -1.00. The first-order chi connectivity index (χ1) is 12.0. The monoisotopic (exact) mass is 348 g/mol. The van der Waals surface area contributed by atoms with Gasteiger partial charge in [-0.3, -0.25) is 0 Å². The predicted molar refractivity (Wildman–Crippen MR) is 89.9 cm³/mol. The van der Waals surface area contributed by atoms with Crippen molar-refractivity contribution in [2.24, 2.45) is 5.92 Å². The molecule has 25 heavy (non-hydrogen) atoms. The highest BCUT2D eigenvalue weighted by atomic mass is 19.2. The van der Waals surface area contributed by atoms with Gasteiger partial charge >= 0.3 is 0 Å². The van der Waals surface area contributed by atoms with Gasteiger partial charge in [0.1, 0.15) is 0 Å². The van der Waals surface area contributed by atoms with E-state index in [2.05, 4.69) is 6.58 Å². The second-order valence-corrected chi connectivity index (χ2v) is 6.07. The summed E-state index contributed by atoms with van der Waals surface area (Å²) in [7, 11) is 1.34. The summed E-state index contributed by atoms with van der Waals surface area (Å²) in [4.78, 5) is 0. The van der Waals surface area contributed by atoms with Crippen LogP contribution in [0.15, 0.2) is 43.0 Å². The first-order valence-electron chi connectivity index (χ1n) is 8.11. The van der Waals surface area contributed by atoms with Gasteiger partial charge in [0.25, 0.3) is 0 Å². The molecule has 1 fully saturated rings. The van der Waals surface area contributed by atoms with E-state index in [0.717, 1.165) is 12.5 Å². The molecule has 2 nitrogen and oxygen atoms in total. The standard InChI is InChI=1S/C20H19F3O2/c1-3-12-4-8-17(25-11-12)15-7-6-14(19(22)20(15)23)13-5-9-18(24-2)16(21)10-13/h3,5-7,9-10,12,17H,1,4,8,11H2,2H3. The highest BCUT2D eigenvalue weighted by Crippen LogP contribution is 2.36. The second kappa shape index (κ2) is 7.31. The van der Waals surface area contributed by atoms with Crippen LogP contribution in [-0.4, -0.2) is 13.7 Å². The molecule has 0 amide bonds. The van der Waals surface area contributed by atoms with Crippen LogP contribution in [0.1, 0.15) is 24.5 Å². The molecule has 132 valence electrons. The van der Waals surface area contributed by atoms with Crippen molar-refractivity contribution in [1.82, 2.24) is 0 Å². The molecular formula is C20H19F3O2. The lowest BCUT2D eigenvalue weighted by molar-refractivity contribution is -0.00732. The number of hydrogen-bond acceptors (Lipinski definition) is 2. The van der Waals surface area contributed by atoms with E-state index in [0.29, 0.717) is 13.0 Å². The van der Waals surface area contributed by atoms with Crippen LogP contribution in [0.5, 0.6) is 5.75 Å². The van der Waals surface area contributed by atoms with E-state index < -0.39 is 23.6 Å². The Morgan fingerprint density at radius 1 is 1.12 bits per heavy atom. The lowest BCUT2D eigenvalue weighted by atomic mass is 9.93. The summed E-state index contributed by atoms with van der Waals surface area (Å²) in [6.45, 7) is 4.17. The summed E-state index contributed by atoms with van der Waals surface area (Å²) in [6.07, 6.45) is 2.76. The SMILES string of the molecule is C=CC1CCC(c2ccc(-c3ccc(OC)c(F)c3)c(F)c2F)OC1. The maximum absolute atomic E-state index is 14.6. The van der Waals surface area contributed by atoms with Crippen molar-refractivity contribution in [1.29, 1.82) is 0 Å². The van der Waals surface area contributed by atoms with E-state index in [-0.39, 0.29) is 28.4 Å². The summed E-state index contributed by atoms with van der Waals surface area (Å²) >= 11 is 0. The maximum Gasteiger partial charge on any atom is 0.167 e. The molecule has 1 saturated heterocycles. The number of ether oxygens (including phenoxy) is 2. The van der Waals surface area contributed by atoms with E-state index in [1.54, 1.807) is 0 Å². The first-order valence-corrected chi connectivity index (χ1v) is 8.11. The fourth-order valence-corrected chi connectivity index (χ4v) is 3.07. The van der Waals surface area contributed by atoms with Gasteiger partial charge in [-0.2, -0.15) is 0 Å². The van der Waals surface area contributed by atoms with Crippen molar-refractivity contribution >= 4 is 0 Å². The Morgan fingerprint density at radius 2 is 1.92 bits per heavy atom. The van der Waals surface area contributed by atoms with Crippen molar-refractivity contribution in [3.63, 3.8) is 0 Å². The van der Waals surface area contributed by atoms with E-state index in [1.807, 2.05) is 6.08 Å². The largest absolute Gasteiger partial charge is 0.494 e. The van der Waals surface area contributed by atoms with Gasteiger partial charge in [-0.25, -0.2) is 13.2 Å². The van der Waals surface area contributed by atoms with Gasteiger partial charge in [-0.15, -0.1) is 6.58 Å². The van der Waals surface area contributed by atoms with Crippen LogP contribution >= 0.6 is 0 Å². The Labute approximate surface area is 144 Å². The van der Waals surface area contributed by atoms with Crippen LogP contribution in [0.3, 0.4) is 0 Å². The molecule has 2 unspecified atom stereocenters. The van der Waals surface area contributed by atoms with E-state index in [1.165, 1.54) is 31.4 Å². The average Bonchev–Trinajstić information content (AvgIpc) is 2.64. The zero-order valence-corrected chi connectivity index (χ0v) is 13.9. The fraction of sp³-hybridized carbons (Fsp3) is 0.300. The summed E-state index contributed by atoms with van der Waals surface area (Å²) in [5.74, 6) is -2.29. The van der Waals surface area contributed by atoms with Crippen LogP contribution in [0.2, 0.25) is 0 Å². The molecular weight excluding hydrogens is 329 g/mol. The molecule has 2 aromatic rings. The Kier molecular flexibility index (Phi) is 5.13. The quantitative estimate of drug-likeness (QED) is 0.686. The molecule has 1 aliphatic rings. The molecule has 1 heterocycles. The maximum atomic E-state index is 14.6. The van der Waals surface area contributed by atoms with Crippen LogP contribution in [-0.2, 0) is 4.74 Å². The van der Waals surface area contributed by atoms with Crippen LogP contribution in [0.4, 0.5) is 13.2 Å². The highest BCUT2D eigenvalue weighted by molar-refractivity contribution is 5.66. The van der Waals surface area contributed by atoms with Crippen LogP contribution in [0, 0.1) is 23.4 Å². The van der Waals surface area contributed by atoms with Gasteiger partial charge in [-0.05, 0) is 30.5 Å². The van der Waals surface area contributed by atoms with Crippen molar-refractivity contribution in [3.05, 3.63) is 66.0 Å². The lowest BCUT2D eigenvalue weighted by Crippen LogP contribution is -2.20. The van der Waals surface area contributed by atoms with Crippen molar-refractivity contribution in [3.8, 4) is 16.9 Å². The Morgan fingerprint density at radius 3 is 2.52 bits per heavy atom. The molecule has 0 aliphatic carbocycles. The van der Waals surface area contributed by atoms with Crippen molar-refractivity contribution in [2.75, 3.05) is 13.7 Å². The zero-order chi connectivity index (χ0) is 18.0. The third-order valence-corrected chi connectivity index (χ3v) is 4.57. The number of rotatable bonds is 4. The molecule has 2 aromatic carbocycles. The number of methoxy groups -OCH3 is 1. The van der Waals surface area contributed by atoms with E-state index in [9.17, 15) is 13.2 Å². The van der Waals surface area contributed by atoms with Gasteiger partial charge in [0.15, 0.2) is 23.2 Å². The number of benzene rings is 2. The smallest absolute Gasteiger partial charge is 0.167 e. The number of halogens is 3. The molecule has 3 rings (SSSR count). The molecule has 0 saturated carbocycles. The minimum absolute atomic E-state index is 0.00239. The van der Waals surface area contributed by atoms with E-state index >= 15 is 0 Å². The molecule has 0 spiro atoms. The summed E-state index contributed by atoms with van der Waals surface area (Å²) in [5.41, 5.74) is 0.442. The molecule has 0 bridgehead atoms. The minimum Gasteiger partial charge on any atom is -0.494 e. The van der Waals surface area contributed by atoms with Gasteiger partial charge in [0.2, 0.25) is 0 Å². The Bertz CT molecular complexity index is 781. The second-order valence-electron chi connectivity index (χ2n) is 6.07. The molecule has 1 aliphatic heterocycles. The Hall–Kier alpha value is -2.27. The molecule has 2 atom stereocenters. The predicted octanol–water partition coefficient (Wildman–Crippen LogP) is 5.43. The van der Waals surface area contributed by atoms with Crippen molar-refractivity contribution < 1.29 is 22.6 Å². The average molecular weight is 348 g/mol. The van der Waals surface area contributed by atoms with Gasteiger partial charge in [0, 0.05) is 17.0 Å². The summed E-state index contributed by atoms with van der Waals surface area (Å²) < 4.78 is 53.4. The van der Waals surface area contributed by atoms with Crippen LogP contribution < -0.4 is 4.74 Å². The molecule has 5 heteroatoms. The lowest BCUT2D eigenvalue weighted by Gasteiger charge is -2.28. The van der Waals surface area contributed by atoms with Gasteiger partial charge in [-0.1, -0.05) is 24.3 Å². The highest BCUT2D eigenvalue weighted by Gasteiger charge is 2.26. The first kappa shape index (κ1) is 17.5. The summed E-state index contributed by atoms with van der Waals surface area (Å²) in [5, 5.41) is 0. The van der Waals surface area contributed by atoms with Crippen molar-refractivity contribution in [2.45, 2.75) is 18.9 Å². The van der Waals surface area contributed by atoms with E-state index in [4.69, 9.17) is 9.47 Å². The third-order valence-electron chi connectivity index (χ3n) is 4.57. The molecule has 0 radical (unpaired) electrons.